The fourth-order valence-electron chi connectivity index (χ4n) is 1.89. The van der Waals surface area contributed by atoms with Crippen molar-refractivity contribution in [2.24, 2.45) is 4.99 Å². The first-order chi connectivity index (χ1) is 10.5. The molecule has 0 amide bonds. The molecule has 0 radical (unpaired) electrons. The minimum Gasteiger partial charge on any atom is -0.356 e. The number of sulfone groups is 1. The van der Waals surface area contributed by atoms with Gasteiger partial charge in [0.25, 0.3) is 0 Å². The second kappa shape index (κ2) is 9.25. The zero-order valence-corrected chi connectivity index (χ0v) is 14.3. The van der Waals surface area contributed by atoms with Crippen LogP contribution in [-0.2, 0) is 16.3 Å². The maximum atomic E-state index is 11.4. The van der Waals surface area contributed by atoms with E-state index in [0.29, 0.717) is 4.90 Å². The predicted octanol–water partition coefficient (Wildman–Crippen LogP) is 1.76. The van der Waals surface area contributed by atoms with E-state index in [1.807, 2.05) is 25.1 Å². The normalized spacial score (nSPS) is 12.6. The summed E-state index contributed by atoms with van der Waals surface area (Å²) in [6, 6.07) is 6.99. The van der Waals surface area contributed by atoms with Crippen molar-refractivity contribution in [2.45, 2.75) is 24.7 Å². The number of hydrogen-bond acceptors (Lipinski definition) is 3. The first-order valence-corrected chi connectivity index (χ1v) is 9.21. The van der Waals surface area contributed by atoms with E-state index in [1.165, 1.54) is 6.26 Å². The molecule has 1 rings (SSSR count). The molecule has 0 saturated heterocycles. The Balaban J connectivity index is 2.39. The van der Waals surface area contributed by atoms with Gasteiger partial charge in [0.2, 0.25) is 0 Å². The Labute approximate surface area is 133 Å². The minimum absolute atomic E-state index is 0.352. The number of benzene rings is 1. The Morgan fingerprint density at radius 3 is 2.36 bits per heavy atom. The molecule has 0 unspecified atom stereocenters. The average Bonchev–Trinajstić information content (AvgIpc) is 2.49. The van der Waals surface area contributed by atoms with Crippen molar-refractivity contribution in [2.75, 3.05) is 26.4 Å². The highest BCUT2D eigenvalue weighted by atomic mass is 32.2. The number of guanidine groups is 1. The number of nitrogens with zero attached hydrogens (tertiary/aromatic N) is 1. The van der Waals surface area contributed by atoms with Gasteiger partial charge >= 0.3 is 0 Å². The Kier molecular flexibility index (Phi) is 7.66. The maximum absolute atomic E-state index is 11.4. The molecule has 1 aromatic rings. The summed E-state index contributed by atoms with van der Waals surface area (Å²) in [5.41, 5.74) is 1.09. The van der Waals surface area contributed by atoms with E-state index in [2.05, 4.69) is 21.7 Å². The Morgan fingerprint density at radius 2 is 1.82 bits per heavy atom. The van der Waals surface area contributed by atoms with Crippen molar-refractivity contribution < 1.29 is 8.42 Å². The molecule has 2 N–H and O–H groups in total. The van der Waals surface area contributed by atoms with Gasteiger partial charge in [0.1, 0.15) is 0 Å². The summed E-state index contributed by atoms with van der Waals surface area (Å²) in [5.74, 6) is 0.775. The van der Waals surface area contributed by atoms with Gasteiger partial charge in [-0.25, -0.2) is 8.42 Å². The van der Waals surface area contributed by atoms with E-state index in [9.17, 15) is 8.42 Å². The van der Waals surface area contributed by atoms with Crippen LogP contribution < -0.4 is 10.6 Å². The van der Waals surface area contributed by atoms with Gasteiger partial charge in [0, 0.05) is 26.4 Å². The van der Waals surface area contributed by atoms with Crippen LogP contribution in [0.5, 0.6) is 0 Å². The Bertz CT molecular complexity index is 605. The highest BCUT2D eigenvalue weighted by molar-refractivity contribution is 7.90. The summed E-state index contributed by atoms with van der Waals surface area (Å²) in [6.07, 6.45) is 7.11. The Morgan fingerprint density at radius 1 is 1.18 bits per heavy atom. The number of rotatable bonds is 7. The van der Waals surface area contributed by atoms with Crippen LogP contribution in [0.2, 0.25) is 0 Å². The Hall–Kier alpha value is -1.82. The molecule has 0 heterocycles. The number of aliphatic imine (C=N–C) groups is 1. The van der Waals surface area contributed by atoms with Crippen molar-refractivity contribution in [1.29, 1.82) is 0 Å². The molecule has 1 aromatic carbocycles. The van der Waals surface area contributed by atoms with Crippen LogP contribution in [0.1, 0.15) is 18.9 Å². The summed E-state index contributed by atoms with van der Waals surface area (Å²) >= 11 is 0. The average molecular weight is 323 g/mol. The lowest BCUT2D eigenvalue weighted by molar-refractivity contribution is 0.602. The van der Waals surface area contributed by atoms with Crippen LogP contribution in [-0.4, -0.2) is 40.8 Å². The molecule has 0 aliphatic carbocycles. The lowest BCUT2D eigenvalue weighted by atomic mass is 10.1. The van der Waals surface area contributed by atoms with Crippen molar-refractivity contribution in [3.63, 3.8) is 0 Å². The quantitative estimate of drug-likeness (QED) is 0.347. The van der Waals surface area contributed by atoms with Crippen LogP contribution in [0.15, 0.2) is 46.3 Å². The molecular formula is C16H25N3O2S. The molecule has 0 aliphatic heterocycles. The van der Waals surface area contributed by atoms with Crippen LogP contribution in [0.3, 0.4) is 0 Å². The summed E-state index contributed by atoms with van der Waals surface area (Å²) in [5, 5.41) is 6.46. The second-order valence-corrected chi connectivity index (χ2v) is 6.97. The van der Waals surface area contributed by atoms with Gasteiger partial charge in [0.05, 0.1) is 4.90 Å². The molecule has 5 nitrogen and oxygen atoms in total. The molecule has 22 heavy (non-hydrogen) atoms. The first-order valence-electron chi connectivity index (χ1n) is 7.32. The lowest BCUT2D eigenvalue weighted by Gasteiger charge is -2.11. The predicted molar refractivity (Wildman–Crippen MR) is 92.1 cm³/mol. The van der Waals surface area contributed by atoms with Gasteiger partial charge in [0.15, 0.2) is 15.8 Å². The zero-order valence-electron chi connectivity index (χ0n) is 13.5. The van der Waals surface area contributed by atoms with Gasteiger partial charge in [-0.1, -0.05) is 24.3 Å². The monoisotopic (exact) mass is 323 g/mol. The van der Waals surface area contributed by atoms with Gasteiger partial charge in [-0.15, -0.1) is 0 Å². The number of nitrogens with one attached hydrogen (secondary N) is 2. The molecule has 0 fully saturated rings. The van der Waals surface area contributed by atoms with E-state index in [0.717, 1.165) is 37.5 Å². The fourth-order valence-corrected chi connectivity index (χ4v) is 2.52. The molecular weight excluding hydrogens is 298 g/mol. The topological polar surface area (TPSA) is 70.6 Å². The van der Waals surface area contributed by atoms with E-state index in [4.69, 9.17) is 0 Å². The number of allylic oxidation sites excluding steroid dienone is 1. The van der Waals surface area contributed by atoms with E-state index in [-0.39, 0.29) is 0 Å². The van der Waals surface area contributed by atoms with Crippen molar-refractivity contribution >= 4 is 15.8 Å². The molecule has 0 saturated carbocycles. The van der Waals surface area contributed by atoms with E-state index < -0.39 is 9.84 Å². The van der Waals surface area contributed by atoms with Crippen molar-refractivity contribution in [1.82, 2.24) is 10.6 Å². The third kappa shape index (κ3) is 6.76. The highest BCUT2D eigenvalue weighted by Gasteiger charge is 2.06. The highest BCUT2D eigenvalue weighted by Crippen LogP contribution is 2.10. The molecule has 0 bridgehead atoms. The van der Waals surface area contributed by atoms with E-state index in [1.54, 1.807) is 19.2 Å². The molecule has 0 aliphatic rings. The lowest BCUT2D eigenvalue weighted by Crippen LogP contribution is -2.38. The third-order valence-corrected chi connectivity index (χ3v) is 4.25. The zero-order chi connectivity index (χ0) is 16.4. The van der Waals surface area contributed by atoms with Crippen LogP contribution in [0, 0.1) is 0 Å². The fraction of sp³-hybridized carbons (Fsp3) is 0.438. The molecule has 0 aromatic heterocycles. The standard InChI is InChI=1S/C16H25N3O2S/c1-4-5-6-12-18-16(17-2)19-13-11-14-7-9-15(10-8-14)22(3,20)21/h4-5,7-10H,6,11-13H2,1-3H3,(H2,17,18,19). The van der Waals surface area contributed by atoms with Gasteiger partial charge in [-0.05, 0) is 37.5 Å². The summed E-state index contributed by atoms with van der Waals surface area (Å²) < 4.78 is 22.8. The largest absolute Gasteiger partial charge is 0.356 e. The van der Waals surface area contributed by atoms with Crippen molar-refractivity contribution in [3.8, 4) is 0 Å². The minimum atomic E-state index is -3.12. The summed E-state index contributed by atoms with van der Waals surface area (Å²) in [7, 11) is -1.38. The van der Waals surface area contributed by atoms with Gasteiger partial charge in [-0.3, -0.25) is 4.99 Å². The second-order valence-electron chi connectivity index (χ2n) is 4.95. The number of hydrogen-bond donors (Lipinski definition) is 2. The van der Waals surface area contributed by atoms with Crippen LogP contribution in [0.4, 0.5) is 0 Å². The summed E-state index contributed by atoms with van der Waals surface area (Å²) in [6.45, 7) is 3.58. The summed E-state index contributed by atoms with van der Waals surface area (Å²) in [4.78, 5) is 4.51. The third-order valence-electron chi connectivity index (χ3n) is 3.12. The van der Waals surface area contributed by atoms with Crippen molar-refractivity contribution in [3.05, 3.63) is 42.0 Å². The van der Waals surface area contributed by atoms with Gasteiger partial charge in [-0.2, -0.15) is 0 Å². The molecule has 0 spiro atoms. The molecule has 122 valence electrons. The molecule has 0 atom stereocenters. The van der Waals surface area contributed by atoms with E-state index >= 15 is 0 Å². The maximum Gasteiger partial charge on any atom is 0.190 e. The first kappa shape index (κ1) is 18.2. The molecule has 6 heteroatoms. The van der Waals surface area contributed by atoms with Crippen LogP contribution in [0.25, 0.3) is 0 Å². The van der Waals surface area contributed by atoms with Gasteiger partial charge < -0.3 is 10.6 Å². The van der Waals surface area contributed by atoms with Crippen LogP contribution >= 0.6 is 0 Å². The SMILES string of the molecule is CC=CCCNC(=NC)NCCc1ccc(S(C)(=O)=O)cc1. The smallest absolute Gasteiger partial charge is 0.190 e.